The summed E-state index contributed by atoms with van der Waals surface area (Å²) in [4.78, 5) is 4.12. The number of ether oxygens (including phenoxy) is 1. The van der Waals surface area contributed by atoms with Gasteiger partial charge in [-0.1, -0.05) is 0 Å². The van der Waals surface area contributed by atoms with Crippen molar-refractivity contribution >= 4 is 21.5 Å². The maximum absolute atomic E-state index is 14.1. The van der Waals surface area contributed by atoms with Gasteiger partial charge in [0.25, 0.3) is 0 Å². The number of nitrogens with two attached hydrogens (primary N) is 1. The summed E-state index contributed by atoms with van der Waals surface area (Å²) < 4.78 is 59.2. The first-order valence-corrected chi connectivity index (χ1v) is 10.3. The molecule has 152 valence electrons. The van der Waals surface area contributed by atoms with E-state index >= 15 is 0 Å². The van der Waals surface area contributed by atoms with Gasteiger partial charge in [0.05, 0.1) is 5.75 Å². The SMILES string of the molecule is CCS(=O)(=O)Nc1ccc(Oc2ccc(F)cc2F)c(-c2cc(C)nc(N)c2)c1. The third-order valence-electron chi connectivity index (χ3n) is 4.03. The molecule has 0 aliphatic carbocycles. The average molecular weight is 419 g/mol. The van der Waals surface area contributed by atoms with Crippen molar-refractivity contribution < 1.29 is 21.9 Å². The number of anilines is 2. The number of nitrogens with zero attached hydrogens (tertiary/aromatic N) is 1. The summed E-state index contributed by atoms with van der Waals surface area (Å²) in [6, 6.07) is 10.8. The number of halogens is 2. The molecule has 0 radical (unpaired) electrons. The molecule has 0 fully saturated rings. The van der Waals surface area contributed by atoms with E-state index in [2.05, 4.69) is 9.71 Å². The number of hydrogen-bond donors (Lipinski definition) is 2. The predicted molar refractivity (Wildman–Crippen MR) is 108 cm³/mol. The van der Waals surface area contributed by atoms with Crippen molar-refractivity contribution in [3.05, 3.63) is 65.9 Å². The van der Waals surface area contributed by atoms with Crippen molar-refractivity contribution in [1.29, 1.82) is 0 Å². The van der Waals surface area contributed by atoms with Crippen LogP contribution in [0.4, 0.5) is 20.3 Å². The zero-order valence-corrected chi connectivity index (χ0v) is 16.6. The number of nitrogen functional groups attached to an aromatic ring is 1. The molecule has 0 amide bonds. The Hall–Kier alpha value is -3.20. The highest BCUT2D eigenvalue weighted by Crippen LogP contribution is 2.37. The molecule has 0 saturated carbocycles. The highest BCUT2D eigenvalue weighted by Gasteiger charge is 2.15. The Morgan fingerprint density at radius 2 is 1.79 bits per heavy atom. The van der Waals surface area contributed by atoms with Crippen LogP contribution in [0.5, 0.6) is 11.5 Å². The fraction of sp³-hybridized carbons (Fsp3) is 0.150. The van der Waals surface area contributed by atoms with Crippen molar-refractivity contribution in [2.75, 3.05) is 16.2 Å². The summed E-state index contributed by atoms with van der Waals surface area (Å²) in [6.07, 6.45) is 0. The molecule has 0 atom stereocenters. The highest BCUT2D eigenvalue weighted by molar-refractivity contribution is 7.92. The minimum Gasteiger partial charge on any atom is -0.454 e. The lowest BCUT2D eigenvalue weighted by atomic mass is 10.0. The molecule has 3 aromatic rings. The lowest BCUT2D eigenvalue weighted by molar-refractivity contribution is 0.439. The van der Waals surface area contributed by atoms with Crippen LogP contribution < -0.4 is 15.2 Å². The summed E-state index contributed by atoms with van der Waals surface area (Å²) in [5.74, 6) is -1.36. The van der Waals surface area contributed by atoms with Crippen molar-refractivity contribution in [3.8, 4) is 22.6 Å². The Kier molecular flexibility index (Phi) is 5.69. The Balaban J connectivity index is 2.11. The van der Waals surface area contributed by atoms with Gasteiger partial charge >= 0.3 is 0 Å². The molecule has 0 aliphatic rings. The molecule has 1 aromatic heterocycles. The van der Waals surface area contributed by atoms with Gasteiger partial charge in [-0.2, -0.15) is 0 Å². The monoisotopic (exact) mass is 419 g/mol. The Bertz CT molecular complexity index is 1150. The van der Waals surface area contributed by atoms with Gasteiger partial charge in [0.1, 0.15) is 17.4 Å². The highest BCUT2D eigenvalue weighted by atomic mass is 32.2. The molecule has 0 aliphatic heterocycles. The fourth-order valence-corrected chi connectivity index (χ4v) is 3.32. The fourth-order valence-electron chi connectivity index (χ4n) is 2.69. The number of hydrogen-bond acceptors (Lipinski definition) is 5. The second kappa shape index (κ2) is 8.04. The maximum atomic E-state index is 14.1. The number of pyridine rings is 1. The third kappa shape index (κ3) is 5.00. The van der Waals surface area contributed by atoms with E-state index in [1.807, 2.05) is 0 Å². The number of sulfonamides is 1. The molecule has 0 unspecified atom stereocenters. The quantitative estimate of drug-likeness (QED) is 0.615. The van der Waals surface area contributed by atoms with Crippen molar-refractivity contribution in [3.63, 3.8) is 0 Å². The number of aryl methyl sites for hydroxylation is 1. The van der Waals surface area contributed by atoms with Crippen LogP contribution in [0.2, 0.25) is 0 Å². The van der Waals surface area contributed by atoms with Crippen molar-refractivity contribution in [2.24, 2.45) is 0 Å². The second-order valence-corrected chi connectivity index (χ2v) is 8.33. The summed E-state index contributed by atoms with van der Waals surface area (Å²) in [7, 11) is -3.50. The van der Waals surface area contributed by atoms with Crippen LogP contribution in [0.25, 0.3) is 11.1 Å². The minimum absolute atomic E-state index is 0.0946. The topological polar surface area (TPSA) is 94.3 Å². The molecule has 3 rings (SSSR count). The molecule has 3 N–H and O–H groups in total. The Labute approximate surface area is 167 Å². The number of nitrogens with one attached hydrogen (secondary N) is 1. The Morgan fingerprint density at radius 3 is 2.45 bits per heavy atom. The summed E-state index contributed by atoms with van der Waals surface area (Å²) in [5.41, 5.74) is 7.84. The van der Waals surface area contributed by atoms with E-state index in [1.54, 1.807) is 25.1 Å². The van der Waals surface area contributed by atoms with E-state index in [-0.39, 0.29) is 23.1 Å². The van der Waals surface area contributed by atoms with Crippen molar-refractivity contribution in [2.45, 2.75) is 13.8 Å². The predicted octanol–water partition coefficient (Wildman–Crippen LogP) is 4.47. The van der Waals surface area contributed by atoms with E-state index in [0.29, 0.717) is 28.6 Å². The number of rotatable bonds is 6. The zero-order chi connectivity index (χ0) is 21.2. The van der Waals surface area contributed by atoms with Gasteiger partial charge in [0, 0.05) is 23.0 Å². The second-order valence-electron chi connectivity index (χ2n) is 6.32. The van der Waals surface area contributed by atoms with Crippen LogP contribution >= 0.6 is 0 Å². The standard InChI is InChI=1S/C20H19F2N3O3S/c1-3-29(26,27)25-15-5-7-18(28-19-6-4-14(21)10-17(19)22)16(11-15)13-8-12(2)24-20(23)9-13/h4-11,25H,3H2,1-2H3,(H2,23,24). The summed E-state index contributed by atoms with van der Waals surface area (Å²) in [5, 5.41) is 0. The number of benzene rings is 2. The van der Waals surface area contributed by atoms with Crippen LogP contribution in [-0.4, -0.2) is 19.2 Å². The zero-order valence-electron chi connectivity index (χ0n) is 15.7. The maximum Gasteiger partial charge on any atom is 0.232 e. The van der Waals surface area contributed by atoms with Crippen LogP contribution in [0.1, 0.15) is 12.6 Å². The molecule has 0 bridgehead atoms. The summed E-state index contributed by atoms with van der Waals surface area (Å²) in [6.45, 7) is 3.27. The van der Waals surface area contributed by atoms with Gasteiger partial charge in [-0.15, -0.1) is 0 Å². The Morgan fingerprint density at radius 1 is 1.07 bits per heavy atom. The lowest BCUT2D eigenvalue weighted by Gasteiger charge is -2.15. The lowest BCUT2D eigenvalue weighted by Crippen LogP contribution is -2.14. The van der Waals surface area contributed by atoms with E-state index in [9.17, 15) is 17.2 Å². The van der Waals surface area contributed by atoms with Gasteiger partial charge in [-0.25, -0.2) is 22.2 Å². The van der Waals surface area contributed by atoms with E-state index in [4.69, 9.17) is 10.5 Å². The molecule has 1 heterocycles. The normalized spacial score (nSPS) is 11.3. The third-order valence-corrected chi connectivity index (χ3v) is 5.34. The van der Waals surface area contributed by atoms with E-state index < -0.39 is 21.7 Å². The summed E-state index contributed by atoms with van der Waals surface area (Å²) >= 11 is 0. The molecule has 6 nitrogen and oxygen atoms in total. The molecule has 9 heteroatoms. The minimum atomic E-state index is -3.50. The van der Waals surface area contributed by atoms with Gasteiger partial charge in [0.2, 0.25) is 10.0 Å². The van der Waals surface area contributed by atoms with E-state index in [1.165, 1.54) is 25.1 Å². The molecule has 29 heavy (non-hydrogen) atoms. The average Bonchev–Trinajstić information content (AvgIpc) is 2.64. The van der Waals surface area contributed by atoms with Crippen LogP contribution in [-0.2, 0) is 10.0 Å². The first kappa shape index (κ1) is 20.5. The van der Waals surface area contributed by atoms with Crippen LogP contribution in [0, 0.1) is 18.6 Å². The van der Waals surface area contributed by atoms with Crippen LogP contribution in [0.3, 0.4) is 0 Å². The smallest absolute Gasteiger partial charge is 0.232 e. The molecule has 0 spiro atoms. The van der Waals surface area contributed by atoms with Crippen molar-refractivity contribution in [1.82, 2.24) is 4.98 Å². The first-order chi connectivity index (χ1) is 13.7. The largest absolute Gasteiger partial charge is 0.454 e. The van der Waals surface area contributed by atoms with Gasteiger partial charge in [-0.3, -0.25) is 4.72 Å². The van der Waals surface area contributed by atoms with Gasteiger partial charge in [0.15, 0.2) is 11.6 Å². The first-order valence-electron chi connectivity index (χ1n) is 8.69. The van der Waals surface area contributed by atoms with E-state index in [0.717, 1.165) is 6.07 Å². The molecule has 0 saturated heterocycles. The molecule has 2 aromatic carbocycles. The number of aromatic nitrogens is 1. The van der Waals surface area contributed by atoms with Gasteiger partial charge in [-0.05, 0) is 61.9 Å². The molecular weight excluding hydrogens is 400 g/mol. The molecular formula is C20H19F2N3O3S. The van der Waals surface area contributed by atoms with Crippen LogP contribution in [0.15, 0.2) is 48.5 Å². The van der Waals surface area contributed by atoms with Gasteiger partial charge < -0.3 is 10.5 Å².